The van der Waals surface area contributed by atoms with Gasteiger partial charge in [-0.15, -0.1) is 0 Å². The van der Waals surface area contributed by atoms with Crippen molar-refractivity contribution in [3.05, 3.63) is 54.1 Å². The first-order valence-electron chi connectivity index (χ1n) is 4.85. The monoisotopic (exact) mass is 232 g/mol. The summed E-state index contributed by atoms with van der Waals surface area (Å²) in [5.74, 6) is -0.643. The fourth-order valence-electron chi connectivity index (χ4n) is 1.32. The molecular weight excluding hydrogens is 223 g/mol. The van der Waals surface area contributed by atoms with Gasteiger partial charge in [-0.3, -0.25) is 4.79 Å². The Labute approximate surface area is 96.9 Å². The Balaban J connectivity index is 2.33. The van der Waals surface area contributed by atoms with Crippen LogP contribution in [0, 0.1) is 5.82 Å². The third kappa shape index (κ3) is 2.57. The van der Waals surface area contributed by atoms with Crippen molar-refractivity contribution in [1.82, 2.24) is 4.98 Å². The number of primary amides is 1. The van der Waals surface area contributed by atoms with Crippen molar-refractivity contribution in [3.63, 3.8) is 0 Å². The molecule has 0 bridgehead atoms. The summed E-state index contributed by atoms with van der Waals surface area (Å²) in [5.41, 5.74) is 5.15. The van der Waals surface area contributed by atoms with E-state index < -0.39 is 11.7 Å². The first-order chi connectivity index (χ1) is 8.16. The van der Waals surface area contributed by atoms with Gasteiger partial charge in [0.2, 0.25) is 0 Å². The van der Waals surface area contributed by atoms with Crippen LogP contribution in [0.3, 0.4) is 0 Å². The molecule has 0 saturated carbocycles. The number of nitrogens with two attached hydrogens (primary N) is 1. The number of ether oxygens (including phenoxy) is 1. The molecule has 2 N–H and O–H groups in total. The average molecular weight is 232 g/mol. The van der Waals surface area contributed by atoms with E-state index in [-0.39, 0.29) is 17.2 Å². The van der Waals surface area contributed by atoms with Gasteiger partial charge in [-0.05, 0) is 24.3 Å². The van der Waals surface area contributed by atoms with E-state index in [1.807, 2.05) is 0 Å². The largest absolute Gasteiger partial charge is 0.455 e. The van der Waals surface area contributed by atoms with E-state index in [1.54, 1.807) is 12.1 Å². The van der Waals surface area contributed by atoms with Crippen LogP contribution in [0.5, 0.6) is 11.5 Å². The number of carbonyl (C=O) groups is 1. The zero-order chi connectivity index (χ0) is 12.3. The van der Waals surface area contributed by atoms with Crippen LogP contribution >= 0.6 is 0 Å². The Bertz CT molecular complexity index is 558. The van der Waals surface area contributed by atoms with Crippen LogP contribution in [0.2, 0.25) is 0 Å². The van der Waals surface area contributed by atoms with Gasteiger partial charge in [0.15, 0.2) is 11.4 Å². The molecule has 0 spiro atoms. The molecule has 0 unspecified atom stereocenters. The summed E-state index contributed by atoms with van der Waals surface area (Å²) in [4.78, 5) is 14.9. The summed E-state index contributed by atoms with van der Waals surface area (Å²) in [6.07, 6.45) is 1.43. The van der Waals surface area contributed by atoms with Crippen molar-refractivity contribution in [3.8, 4) is 11.5 Å². The molecule has 1 heterocycles. The minimum absolute atomic E-state index is 0.0109. The van der Waals surface area contributed by atoms with Crippen LogP contribution in [-0.4, -0.2) is 10.9 Å². The van der Waals surface area contributed by atoms with Crippen molar-refractivity contribution in [2.24, 2.45) is 5.73 Å². The number of hydrogen-bond acceptors (Lipinski definition) is 3. The summed E-state index contributed by atoms with van der Waals surface area (Å²) in [7, 11) is 0. The smallest absolute Gasteiger partial charge is 0.271 e. The van der Waals surface area contributed by atoms with Gasteiger partial charge in [-0.2, -0.15) is 0 Å². The molecule has 0 radical (unpaired) electrons. The lowest BCUT2D eigenvalue weighted by molar-refractivity contribution is 0.0993. The quantitative estimate of drug-likeness (QED) is 0.881. The Morgan fingerprint density at radius 1 is 1.29 bits per heavy atom. The van der Waals surface area contributed by atoms with Crippen molar-refractivity contribution < 1.29 is 13.9 Å². The van der Waals surface area contributed by atoms with E-state index >= 15 is 0 Å². The van der Waals surface area contributed by atoms with Gasteiger partial charge in [-0.1, -0.05) is 6.07 Å². The zero-order valence-corrected chi connectivity index (χ0v) is 8.76. The van der Waals surface area contributed by atoms with Crippen LogP contribution in [0.4, 0.5) is 4.39 Å². The first-order valence-corrected chi connectivity index (χ1v) is 4.85. The van der Waals surface area contributed by atoms with Gasteiger partial charge in [0.25, 0.3) is 5.91 Å². The molecule has 1 aromatic heterocycles. The number of hydrogen-bond donors (Lipinski definition) is 1. The van der Waals surface area contributed by atoms with Gasteiger partial charge in [0.05, 0.1) is 0 Å². The van der Waals surface area contributed by atoms with Crippen molar-refractivity contribution in [2.75, 3.05) is 0 Å². The number of aromatic nitrogens is 1. The molecule has 0 fully saturated rings. The van der Waals surface area contributed by atoms with Gasteiger partial charge >= 0.3 is 0 Å². The molecule has 1 aromatic carbocycles. The molecular formula is C12H9FN2O2. The number of halogens is 1. The minimum Gasteiger partial charge on any atom is -0.455 e. The van der Waals surface area contributed by atoms with Gasteiger partial charge in [-0.25, -0.2) is 9.37 Å². The first kappa shape index (κ1) is 11.1. The van der Waals surface area contributed by atoms with Crippen molar-refractivity contribution in [1.29, 1.82) is 0 Å². The van der Waals surface area contributed by atoms with Crippen LogP contribution < -0.4 is 10.5 Å². The maximum Gasteiger partial charge on any atom is 0.271 e. The van der Waals surface area contributed by atoms with E-state index in [0.29, 0.717) is 0 Å². The maximum absolute atomic E-state index is 12.9. The highest BCUT2D eigenvalue weighted by Crippen LogP contribution is 2.23. The summed E-state index contributed by atoms with van der Waals surface area (Å²) in [5, 5.41) is 0. The lowest BCUT2D eigenvalue weighted by Crippen LogP contribution is -2.14. The van der Waals surface area contributed by atoms with E-state index in [9.17, 15) is 9.18 Å². The predicted molar refractivity (Wildman–Crippen MR) is 59.2 cm³/mol. The standard InChI is InChI=1S/C12H9FN2O2/c13-8-3-1-4-9(7-8)17-10-5-2-6-15-11(10)12(14)16/h1-7H,(H2,14,16). The molecule has 0 saturated heterocycles. The molecule has 5 heteroatoms. The Hall–Kier alpha value is -2.43. The fourth-order valence-corrected chi connectivity index (χ4v) is 1.32. The SMILES string of the molecule is NC(=O)c1ncccc1Oc1cccc(F)c1. The molecule has 4 nitrogen and oxygen atoms in total. The Morgan fingerprint density at radius 3 is 2.82 bits per heavy atom. The molecule has 0 aliphatic heterocycles. The number of nitrogens with zero attached hydrogens (tertiary/aromatic N) is 1. The zero-order valence-electron chi connectivity index (χ0n) is 8.76. The number of pyridine rings is 1. The van der Waals surface area contributed by atoms with Gasteiger partial charge in [0, 0.05) is 12.3 Å². The van der Waals surface area contributed by atoms with Crippen LogP contribution in [-0.2, 0) is 0 Å². The third-order valence-electron chi connectivity index (χ3n) is 2.03. The van der Waals surface area contributed by atoms with Crippen LogP contribution in [0.1, 0.15) is 10.5 Å². The summed E-state index contributed by atoms with van der Waals surface area (Å²) >= 11 is 0. The molecule has 86 valence electrons. The summed E-state index contributed by atoms with van der Waals surface area (Å²) in [6.45, 7) is 0. The maximum atomic E-state index is 12.9. The second kappa shape index (κ2) is 4.61. The van der Waals surface area contributed by atoms with E-state index in [1.165, 1.54) is 30.5 Å². The molecule has 2 aromatic rings. The second-order valence-electron chi connectivity index (χ2n) is 3.27. The lowest BCUT2D eigenvalue weighted by atomic mass is 10.3. The average Bonchev–Trinajstić information content (AvgIpc) is 2.29. The molecule has 1 amide bonds. The normalized spacial score (nSPS) is 9.94. The third-order valence-corrected chi connectivity index (χ3v) is 2.03. The number of amides is 1. The Kier molecular flexibility index (Phi) is 3.00. The van der Waals surface area contributed by atoms with Crippen molar-refractivity contribution in [2.45, 2.75) is 0 Å². The fraction of sp³-hybridized carbons (Fsp3) is 0. The number of carbonyl (C=O) groups excluding carboxylic acids is 1. The lowest BCUT2D eigenvalue weighted by Gasteiger charge is -2.07. The van der Waals surface area contributed by atoms with E-state index in [0.717, 1.165) is 0 Å². The highest BCUT2D eigenvalue weighted by Gasteiger charge is 2.11. The molecule has 0 aliphatic rings. The molecule has 0 aliphatic carbocycles. The molecule has 17 heavy (non-hydrogen) atoms. The van der Waals surface area contributed by atoms with Gasteiger partial charge in [0.1, 0.15) is 11.6 Å². The molecule has 2 rings (SSSR count). The summed E-state index contributed by atoms with van der Waals surface area (Å²) < 4.78 is 18.3. The molecule has 0 atom stereocenters. The summed E-state index contributed by atoms with van der Waals surface area (Å²) in [6, 6.07) is 8.72. The van der Waals surface area contributed by atoms with Crippen LogP contribution in [0.25, 0.3) is 0 Å². The minimum atomic E-state index is -0.697. The van der Waals surface area contributed by atoms with E-state index in [2.05, 4.69) is 4.98 Å². The highest BCUT2D eigenvalue weighted by molar-refractivity contribution is 5.93. The topological polar surface area (TPSA) is 65.2 Å². The predicted octanol–water partition coefficient (Wildman–Crippen LogP) is 2.11. The Morgan fingerprint density at radius 2 is 2.12 bits per heavy atom. The van der Waals surface area contributed by atoms with E-state index in [4.69, 9.17) is 10.5 Å². The van der Waals surface area contributed by atoms with Crippen LogP contribution in [0.15, 0.2) is 42.6 Å². The second-order valence-corrected chi connectivity index (χ2v) is 3.27. The highest BCUT2D eigenvalue weighted by atomic mass is 19.1. The van der Waals surface area contributed by atoms with Crippen molar-refractivity contribution >= 4 is 5.91 Å². The van der Waals surface area contributed by atoms with Gasteiger partial charge < -0.3 is 10.5 Å². The number of benzene rings is 1. The number of rotatable bonds is 3.